The third kappa shape index (κ3) is 3.18. The zero-order valence-electron chi connectivity index (χ0n) is 8.95. The molecule has 0 aromatic heterocycles. The molecule has 0 atom stereocenters. The highest BCUT2D eigenvalue weighted by atomic mass is 32.2. The van der Waals surface area contributed by atoms with E-state index < -0.39 is 39.8 Å². The van der Waals surface area contributed by atoms with Gasteiger partial charge in [0.25, 0.3) is 0 Å². The Morgan fingerprint density at radius 3 is 2.44 bits per heavy atom. The van der Waals surface area contributed by atoms with Gasteiger partial charge in [-0.05, 0) is 18.2 Å². The van der Waals surface area contributed by atoms with E-state index in [2.05, 4.69) is 0 Å². The topological polar surface area (TPSA) is 147 Å². The molecular weight excluding hydrogens is 264 g/mol. The summed E-state index contributed by atoms with van der Waals surface area (Å²) in [5.41, 5.74) is 4.22. The third-order valence-corrected chi connectivity index (χ3v) is 3.34. The molecule has 1 rings (SSSR count). The number of hydrogen-bond acceptors (Lipinski definition) is 5. The maximum absolute atomic E-state index is 11.6. The van der Waals surface area contributed by atoms with Gasteiger partial charge in [0.2, 0.25) is 15.9 Å². The van der Waals surface area contributed by atoms with E-state index >= 15 is 0 Å². The van der Waals surface area contributed by atoms with Gasteiger partial charge in [-0.1, -0.05) is 0 Å². The highest BCUT2D eigenvalue weighted by Crippen LogP contribution is 2.21. The number of nitrogens with one attached hydrogen (secondary N) is 1. The Bertz CT molecular complexity index is 595. The molecule has 0 aliphatic heterocycles. The lowest BCUT2D eigenvalue weighted by molar-refractivity contribution is -0.116. The zero-order chi connectivity index (χ0) is 13.9. The number of aromatic hydroxyl groups is 1. The van der Waals surface area contributed by atoms with Crippen LogP contribution in [0.3, 0.4) is 0 Å². The Morgan fingerprint density at radius 1 is 1.33 bits per heavy atom. The van der Waals surface area contributed by atoms with E-state index in [1.165, 1.54) is 0 Å². The summed E-state index contributed by atoms with van der Waals surface area (Å²) in [5, 5.41) is 17.9. The summed E-state index contributed by atoms with van der Waals surface area (Å²) in [6.45, 7) is -0.606. The zero-order valence-corrected chi connectivity index (χ0v) is 9.77. The Hall–Kier alpha value is -2.13. The van der Waals surface area contributed by atoms with Crippen LogP contribution in [0.2, 0.25) is 0 Å². The van der Waals surface area contributed by atoms with E-state index in [0.29, 0.717) is 0 Å². The summed E-state index contributed by atoms with van der Waals surface area (Å²) in [6, 6.07) is 2.72. The number of carboxylic acid groups (broad SMARTS) is 1. The Balaban J connectivity index is 3.14. The number of amides is 1. The fourth-order valence-electron chi connectivity index (χ4n) is 1.10. The number of carbonyl (C=O) groups excluding carboxylic acids is 1. The average Bonchev–Trinajstić information content (AvgIpc) is 2.26. The van der Waals surface area contributed by atoms with Gasteiger partial charge in [-0.15, -0.1) is 0 Å². The second-order valence-corrected chi connectivity index (χ2v) is 5.04. The van der Waals surface area contributed by atoms with Crippen LogP contribution in [0.5, 0.6) is 5.75 Å². The van der Waals surface area contributed by atoms with Gasteiger partial charge in [0, 0.05) is 0 Å². The maximum atomic E-state index is 11.6. The molecule has 0 unspecified atom stereocenters. The molecule has 98 valence electrons. The van der Waals surface area contributed by atoms with Gasteiger partial charge in [0.05, 0.1) is 11.4 Å². The van der Waals surface area contributed by atoms with Crippen molar-refractivity contribution in [2.75, 3.05) is 6.54 Å². The van der Waals surface area contributed by atoms with Crippen molar-refractivity contribution in [1.29, 1.82) is 0 Å². The number of phenols is 1. The summed E-state index contributed by atoms with van der Waals surface area (Å²) in [4.78, 5) is 20.8. The molecule has 0 spiro atoms. The molecule has 0 bridgehead atoms. The van der Waals surface area contributed by atoms with E-state index in [1.54, 1.807) is 0 Å². The van der Waals surface area contributed by atoms with Crippen molar-refractivity contribution < 1.29 is 28.2 Å². The molecule has 0 saturated heterocycles. The summed E-state index contributed by atoms with van der Waals surface area (Å²) >= 11 is 0. The lowest BCUT2D eigenvalue weighted by atomic mass is 10.2. The minimum Gasteiger partial charge on any atom is -0.507 e. The second kappa shape index (κ2) is 5.02. The van der Waals surface area contributed by atoms with Crippen LogP contribution < -0.4 is 10.5 Å². The molecular formula is C9H10N2O6S. The number of carbonyl (C=O) groups is 2. The first-order chi connectivity index (χ1) is 8.24. The molecule has 1 aromatic rings. The maximum Gasteiger partial charge on any atom is 0.339 e. The van der Waals surface area contributed by atoms with Crippen molar-refractivity contribution in [2.45, 2.75) is 4.90 Å². The van der Waals surface area contributed by atoms with Gasteiger partial charge < -0.3 is 15.9 Å². The molecule has 0 saturated carbocycles. The standard InChI is InChI=1S/C9H10N2O6S/c10-8(13)4-11-18(16,17)5-1-2-7(12)6(3-5)9(14)15/h1-3,11-12H,4H2,(H2,10,13)(H,14,15). The predicted octanol–water partition coefficient (Wildman–Crippen LogP) is -1.15. The number of carboxylic acids is 1. The molecule has 18 heavy (non-hydrogen) atoms. The molecule has 8 nitrogen and oxygen atoms in total. The van der Waals surface area contributed by atoms with Crippen LogP contribution in [0.25, 0.3) is 0 Å². The fraction of sp³-hybridized carbons (Fsp3) is 0.111. The number of hydrogen-bond donors (Lipinski definition) is 4. The van der Waals surface area contributed by atoms with Gasteiger partial charge >= 0.3 is 5.97 Å². The molecule has 0 aliphatic carbocycles. The van der Waals surface area contributed by atoms with Gasteiger partial charge in [0.1, 0.15) is 11.3 Å². The van der Waals surface area contributed by atoms with Crippen molar-refractivity contribution in [2.24, 2.45) is 5.73 Å². The summed E-state index contributed by atoms with van der Waals surface area (Å²) in [5.74, 6) is -2.91. The van der Waals surface area contributed by atoms with Crippen LogP contribution in [0, 0.1) is 0 Å². The molecule has 5 N–H and O–H groups in total. The van der Waals surface area contributed by atoms with Gasteiger partial charge in [-0.25, -0.2) is 17.9 Å². The number of sulfonamides is 1. The SMILES string of the molecule is NC(=O)CNS(=O)(=O)c1ccc(O)c(C(=O)O)c1. The number of benzene rings is 1. The first-order valence-electron chi connectivity index (χ1n) is 4.58. The van der Waals surface area contributed by atoms with Crippen molar-refractivity contribution in [3.8, 4) is 5.75 Å². The predicted molar refractivity (Wildman–Crippen MR) is 59.4 cm³/mol. The van der Waals surface area contributed by atoms with Crippen LogP contribution in [0.1, 0.15) is 10.4 Å². The number of rotatable bonds is 5. The Kier molecular flexibility index (Phi) is 3.89. The Labute approximate surface area is 102 Å². The van der Waals surface area contributed by atoms with Crippen LogP contribution in [-0.2, 0) is 14.8 Å². The van der Waals surface area contributed by atoms with E-state index in [4.69, 9.17) is 10.8 Å². The van der Waals surface area contributed by atoms with Crippen molar-refractivity contribution in [3.05, 3.63) is 23.8 Å². The van der Waals surface area contributed by atoms with Gasteiger partial charge in [-0.3, -0.25) is 4.79 Å². The highest BCUT2D eigenvalue weighted by Gasteiger charge is 2.19. The van der Waals surface area contributed by atoms with E-state index in [9.17, 15) is 23.1 Å². The van der Waals surface area contributed by atoms with Crippen molar-refractivity contribution >= 4 is 21.9 Å². The lowest BCUT2D eigenvalue weighted by Crippen LogP contribution is -2.33. The summed E-state index contributed by atoms with van der Waals surface area (Å²) < 4.78 is 25.1. The molecule has 9 heteroatoms. The molecule has 1 amide bonds. The van der Waals surface area contributed by atoms with Crippen molar-refractivity contribution in [3.63, 3.8) is 0 Å². The fourth-order valence-corrected chi connectivity index (χ4v) is 2.12. The lowest BCUT2D eigenvalue weighted by Gasteiger charge is -2.06. The molecule has 0 heterocycles. The third-order valence-electron chi connectivity index (χ3n) is 1.95. The monoisotopic (exact) mass is 274 g/mol. The molecule has 0 radical (unpaired) electrons. The number of primary amides is 1. The van der Waals surface area contributed by atoms with Crippen LogP contribution in [-0.4, -0.2) is 37.1 Å². The Morgan fingerprint density at radius 2 is 1.94 bits per heavy atom. The summed E-state index contributed by atoms with van der Waals surface area (Å²) in [7, 11) is -4.05. The number of aromatic carboxylic acids is 1. The molecule has 0 aliphatic rings. The summed E-state index contributed by atoms with van der Waals surface area (Å²) in [6.07, 6.45) is 0. The van der Waals surface area contributed by atoms with Crippen molar-refractivity contribution in [1.82, 2.24) is 4.72 Å². The molecule has 1 aromatic carbocycles. The van der Waals surface area contributed by atoms with Crippen LogP contribution in [0.15, 0.2) is 23.1 Å². The minimum atomic E-state index is -4.05. The van der Waals surface area contributed by atoms with E-state index in [-0.39, 0.29) is 4.90 Å². The molecule has 0 fully saturated rings. The normalized spacial score (nSPS) is 11.1. The van der Waals surface area contributed by atoms with E-state index in [1.807, 2.05) is 4.72 Å². The van der Waals surface area contributed by atoms with Gasteiger partial charge in [0.15, 0.2) is 0 Å². The first kappa shape index (κ1) is 13.9. The first-order valence-corrected chi connectivity index (χ1v) is 6.06. The second-order valence-electron chi connectivity index (χ2n) is 3.27. The van der Waals surface area contributed by atoms with Crippen LogP contribution >= 0.6 is 0 Å². The smallest absolute Gasteiger partial charge is 0.339 e. The van der Waals surface area contributed by atoms with Crippen LogP contribution in [0.4, 0.5) is 0 Å². The number of nitrogens with two attached hydrogens (primary N) is 1. The largest absolute Gasteiger partial charge is 0.507 e. The quantitative estimate of drug-likeness (QED) is 0.533. The van der Waals surface area contributed by atoms with E-state index in [0.717, 1.165) is 18.2 Å². The minimum absolute atomic E-state index is 0.390. The average molecular weight is 274 g/mol. The van der Waals surface area contributed by atoms with Gasteiger partial charge in [-0.2, -0.15) is 0 Å². The highest BCUT2D eigenvalue weighted by molar-refractivity contribution is 7.89.